The zero-order chi connectivity index (χ0) is 29.9. The van der Waals surface area contributed by atoms with Gasteiger partial charge in [0.2, 0.25) is 0 Å². The molecule has 0 spiro atoms. The van der Waals surface area contributed by atoms with Crippen LogP contribution in [0, 0.1) is 0 Å². The Morgan fingerprint density at radius 3 is 2.49 bits per heavy atom. The number of benzene rings is 4. The minimum absolute atomic E-state index is 0.201. The van der Waals surface area contributed by atoms with Crippen LogP contribution in [0.25, 0.3) is 16.8 Å². The van der Waals surface area contributed by atoms with E-state index < -0.39 is 12.0 Å². The van der Waals surface area contributed by atoms with Gasteiger partial charge in [0.25, 0.3) is 5.56 Å². The van der Waals surface area contributed by atoms with Crippen molar-refractivity contribution >= 4 is 45.9 Å². The quantitative estimate of drug-likeness (QED) is 0.154. The number of rotatable bonds is 8. The molecule has 0 saturated carbocycles. The van der Waals surface area contributed by atoms with Crippen LogP contribution in [0.5, 0.6) is 5.75 Å². The molecule has 5 aromatic rings. The maximum Gasteiger partial charge on any atom is 0.338 e. The molecule has 0 fully saturated rings. The van der Waals surface area contributed by atoms with E-state index >= 15 is 0 Å². The number of carbonyl (C=O) groups is 1. The van der Waals surface area contributed by atoms with Gasteiger partial charge >= 0.3 is 5.97 Å². The summed E-state index contributed by atoms with van der Waals surface area (Å²) in [5.41, 5.74) is 3.55. The molecule has 0 N–H and O–H groups in total. The van der Waals surface area contributed by atoms with Gasteiger partial charge in [-0.1, -0.05) is 78.1 Å². The lowest BCUT2D eigenvalue weighted by Crippen LogP contribution is -2.39. The fourth-order valence-electron chi connectivity index (χ4n) is 5.28. The summed E-state index contributed by atoms with van der Waals surface area (Å²) < 4.78 is 13.6. The van der Waals surface area contributed by atoms with Crippen LogP contribution in [0.15, 0.2) is 117 Å². The summed E-state index contributed by atoms with van der Waals surface area (Å²) in [6, 6.07) is 29.5. The Balaban J connectivity index is 1.31. The van der Waals surface area contributed by atoms with Gasteiger partial charge in [-0.15, -0.1) is 11.8 Å². The summed E-state index contributed by atoms with van der Waals surface area (Å²) in [4.78, 5) is 33.3. The van der Waals surface area contributed by atoms with Crippen molar-refractivity contribution in [2.45, 2.75) is 31.4 Å². The standard InChI is InChI=1S/C35H30N2O4S2/c1-4-40-34(39)31-22(2)36-35-37(32(31)25-14-18-28(42-3)19-15-25)33(38)30(43-35)20-23-12-16-27(17-13-23)41-21-26-10-7-9-24-8-5-6-11-29(24)26/h5-20,32H,4,21H2,1-3H3/b30-20-/t32-/m1/s1. The molecule has 1 atom stereocenters. The summed E-state index contributed by atoms with van der Waals surface area (Å²) in [5, 5.41) is 2.36. The zero-order valence-electron chi connectivity index (χ0n) is 24.1. The van der Waals surface area contributed by atoms with E-state index in [2.05, 4.69) is 29.3 Å². The molecular weight excluding hydrogens is 577 g/mol. The fourth-order valence-corrected chi connectivity index (χ4v) is 6.74. The van der Waals surface area contributed by atoms with E-state index in [9.17, 15) is 9.59 Å². The highest BCUT2D eigenvalue weighted by atomic mass is 32.2. The SMILES string of the molecule is CCOC(=O)C1=C(C)N=c2s/c(=C\c3ccc(OCc4cccc5ccccc45)cc3)c(=O)n2[C@@H]1c1ccc(SC)cc1. The number of nitrogens with zero attached hydrogens (tertiary/aromatic N) is 2. The van der Waals surface area contributed by atoms with E-state index in [1.165, 1.54) is 22.1 Å². The number of hydrogen-bond donors (Lipinski definition) is 0. The Morgan fingerprint density at radius 1 is 1.00 bits per heavy atom. The molecule has 0 aliphatic carbocycles. The Morgan fingerprint density at radius 2 is 1.74 bits per heavy atom. The molecule has 0 saturated heterocycles. The molecule has 6 nitrogen and oxygen atoms in total. The van der Waals surface area contributed by atoms with Gasteiger partial charge in [0.15, 0.2) is 4.80 Å². The molecule has 1 aromatic heterocycles. The summed E-state index contributed by atoms with van der Waals surface area (Å²) >= 11 is 2.95. The molecule has 1 aliphatic heterocycles. The van der Waals surface area contributed by atoms with Crippen molar-refractivity contribution < 1.29 is 14.3 Å². The second-order valence-electron chi connectivity index (χ2n) is 10.1. The van der Waals surface area contributed by atoms with Crippen molar-refractivity contribution in [3.63, 3.8) is 0 Å². The largest absolute Gasteiger partial charge is 0.489 e. The van der Waals surface area contributed by atoms with Gasteiger partial charge in [-0.2, -0.15) is 0 Å². The molecule has 8 heteroatoms. The summed E-state index contributed by atoms with van der Waals surface area (Å²) in [6.07, 6.45) is 3.87. The van der Waals surface area contributed by atoms with Crippen molar-refractivity contribution in [3.8, 4) is 5.75 Å². The van der Waals surface area contributed by atoms with Crippen LogP contribution in [0.4, 0.5) is 0 Å². The highest BCUT2D eigenvalue weighted by Crippen LogP contribution is 2.31. The Hall–Kier alpha value is -4.40. The van der Waals surface area contributed by atoms with Crippen LogP contribution in [0.3, 0.4) is 0 Å². The molecule has 2 heterocycles. The molecule has 0 bridgehead atoms. The lowest BCUT2D eigenvalue weighted by atomic mass is 9.96. The monoisotopic (exact) mass is 606 g/mol. The first kappa shape index (κ1) is 28.7. The van der Waals surface area contributed by atoms with E-state index in [1.807, 2.05) is 79.1 Å². The Labute approximate surface area is 257 Å². The normalized spacial score (nSPS) is 14.9. The zero-order valence-corrected chi connectivity index (χ0v) is 25.7. The van der Waals surface area contributed by atoms with Crippen LogP contribution in [0.2, 0.25) is 0 Å². The number of thioether (sulfide) groups is 1. The van der Waals surface area contributed by atoms with E-state index in [0.29, 0.717) is 27.2 Å². The average Bonchev–Trinajstić information content (AvgIpc) is 3.33. The lowest BCUT2D eigenvalue weighted by Gasteiger charge is -2.24. The highest BCUT2D eigenvalue weighted by molar-refractivity contribution is 7.98. The van der Waals surface area contributed by atoms with Crippen molar-refractivity contribution in [1.82, 2.24) is 4.57 Å². The number of esters is 1. The maximum atomic E-state index is 13.9. The summed E-state index contributed by atoms with van der Waals surface area (Å²) in [6.45, 7) is 4.26. The second kappa shape index (κ2) is 12.5. The fraction of sp³-hybridized carbons (Fsp3) is 0.171. The molecular formula is C35H30N2O4S2. The van der Waals surface area contributed by atoms with Crippen LogP contribution in [-0.2, 0) is 16.1 Å². The lowest BCUT2D eigenvalue weighted by molar-refractivity contribution is -0.139. The highest BCUT2D eigenvalue weighted by Gasteiger charge is 2.33. The average molecular weight is 607 g/mol. The van der Waals surface area contributed by atoms with Crippen LogP contribution < -0.4 is 19.6 Å². The molecule has 6 rings (SSSR count). The number of hydrogen-bond acceptors (Lipinski definition) is 7. The first-order valence-electron chi connectivity index (χ1n) is 14.0. The summed E-state index contributed by atoms with van der Waals surface area (Å²) in [7, 11) is 0. The van der Waals surface area contributed by atoms with Crippen molar-refractivity contribution in [2.24, 2.45) is 4.99 Å². The van der Waals surface area contributed by atoms with Crippen molar-refractivity contribution in [3.05, 3.63) is 139 Å². The van der Waals surface area contributed by atoms with E-state index in [1.54, 1.807) is 30.2 Å². The molecule has 0 amide bonds. The second-order valence-corrected chi connectivity index (χ2v) is 12.0. The molecule has 0 unspecified atom stereocenters. The third-order valence-electron chi connectivity index (χ3n) is 7.40. The van der Waals surface area contributed by atoms with Gasteiger partial charge in [0.1, 0.15) is 12.4 Å². The number of allylic oxidation sites excluding steroid dienone is 1. The van der Waals surface area contributed by atoms with Crippen molar-refractivity contribution in [2.75, 3.05) is 12.9 Å². The maximum absolute atomic E-state index is 13.9. The van der Waals surface area contributed by atoms with Gasteiger partial charge in [0.05, 0.1) is 28.5 Å². The smallest absolute Gasteiger partial charge is 0.338 e. The first-order valence-corrected chi connectivity index (χ1v) is 16.0. The van der Waals surface area contributed by atoms with Gasteiger partial charge < -0.3 is 9.47 Å². The molecule has 1 aliphatic rings. The van der Waals surface area contributed by atoms with Crippen molar-refractivity contribution in [1.29, 1.82) is 0 Å². The van der Waals surface area contributed by atoms with Gasteiger partial charge in [-0.25, -0.2) is 9.79 Å². The van der Waals surface area contributed by atoms with E-state index in [-0.39, 0.29) is 12.2 Å². The number of carbonyl (C=O) groups excluding carboxylic acids is 1. The summed E-state index contributed by atoms with van der Waals surface area (Å²) in [5.74, 6) is 0.283. The Bertz CT molecular complexity index is 2020. The Kier molecular flexibility index (Phi) is 8.31. The third kappa shape index (κ3) is 5.81. The first-order chi connectivity index (χ1) is 21.0. The van der Waals surface area contributed by atoms with Crippen LogP contribution in [0.1, 0.15) is 36.6 Å². The predicted octanol–water partition coefficient (Wildman–Crippen LogP) is 6.25. The minimum atomic E-state index is -0.627. The van der Waals surface area contributed by atoms with Crippen LogP contribution in [-0.4, -0.2) is 23.4 Å². The van der Waals surface area contributed by atoms with Gasteiger partial charge in [-0.3, -0.25) is 9.36 Å². The van der Waals surface area contributed by atoms with E-state index in [0.717, 1.165) is 27.3 Å². The number of ether oxygens (including phenoxy) is 2. The third-order valence-corrected chi connectivity index (χ3v) is 9.13. The number of thiazole rings is 1. The molecule has 4 aromatic carbocycles. The van der Waals surface area contributed by atoms with E-state index in [4.69, 9.17) is 9.47 Å². The minimum Gasteiger partial charge on any atom is -0.489 e. The molecule has 216 valence electrons. The predicted molar refractivity (Wildman–Crippen MR) is 173 cm³/mol. The van der Waals surface area contributed by atoms with Gasteiger partial charge in [0, 0.05) is 4.90 Å². The molecule has 0 radical (unpaired) electrons. The molecule has 43 heavy (non-hydrogen) atoms. The number of aromatic nitrogens is 1. The van der Waals surface area contributed by atoms with Crippen LogP contribution >= 0.6 is 23.1 Å². The van der Waals surface area contributed by atoms with Gasteiger partial charge in [-0.05, 0) is 77.9 Å². The number of fused-ring (bicyclic) bond motifs is 2. The topological polar surface area (TPSA) is 69.9 Å².